The highest BCUT2D eigenvalue weighted by atomic mass is 16.2. The summed E-state index contributed by atoms with van der Waals surface area (Å²) in [7, 11) is 0. The summed E-state index contributed by atoms with van der Waals surface area (Å²) in [5, 5.41) is 0. The Bertz CT molecular complexity index is 222. The minimum atomic E-state index is -0.200. The molecule has 4 nitrogen and oxygen atoms in total. The molecular formula is C8H15N3O. The molecule has 0 bridgehead atoms. The summed E-state index contributed by atoms with van der Waals surface area (Å²) in [5.74, 6) is 0.789. The van der Waals surface area contributed by atoms with Gasteiger partial charge in [0.1, 0.15) is 5.84 Å². The second-order valence-electron chi connectivity index (χ2n) is 3.29. The number of hydrogen-bond acceptors (Lipinski definition) is 2. The van der Waals surface area contributed by atoms with Gasteiger partial charge in [-0.2, -0.15) is 4.99 Å². The molecule has 68 valence electrons. The van der Waals surface area contributed by atoms with E-state index in [4.69, 9.17) is 5.73 Å². The summed E-state index contributed by atoms with van der Waals surface area (Å²) < 4.78 is 0. The van der Waals surface area contributed by atoms with Gasteiger partial charge in [0.05, 0.1) is 6.04 Å². The van der Waals surface area contributed by atoms with E-state index in [0.717, 1.165) is 0 Å². The van der Waals surface area contributed by atoms with Crippen LogP contribution < -0.4 is 5.73 Å². The molecule has 2 N–H and O–H groups in total. The number of likely N-dealkylation sites (N-methyl/N-ethyl adjacent to an activating group) is 1. The first-order valence-electron chi connectivity index (χ1n) is 4.22. The van der Waals surface area contributed by atoms with E-state index < -0.39 is 0 Å². The maximum absolute atomic E-state index is 11.2. The van der Waals surface area contributed by atoms with Crippen molar-refractivity contribution in [2.45, 2.75) is 26.8 Å². The van der Waals surface area contributed by atoms with Crippen LogP contribution in [-0.4, -0.2) is 29.4 Å². The molecule has 0 saturated heterocycles. The standard InChI is InChI=1S/C8H15N3O/c1-4-11-6(5(2)3)7(9)10-8(11)12/h5-6H,4H2,1-3H3,(H2,9,10,12). The highest BCUT2D eigenvalue weighted by molar-refractivity contribution is 6.02. The molecule has 0 saturated carbocycles. The van der Waals surface area contributed by atoms with Crippen LogP contribution in [0.4, 0.5) is 4.79 Å². The van der Waals surface area contributed by atoms with Gasteiger partial charge in [0, 0.05) is 6.54 Å². The minimum Gasteiger partial charge on any atom is -0.385 e. The predicted octanol–water partition coefficient (Wildman–Crippen LogP) is 0.824. The topological polar surface area (TPSA) is 58.7 Å². The lowest BCUT2D eigenvalue weighted by Gasteiger charge is -2.25. The highest BCUT2D eigenvalue weighted by Crippen LogP contribution is 2.17. The Morgan fingerprint density at radius 2 is 2.25 bits per heavy atom. The van der Waals surface area contributed by atoms with Crippen LogP contribution in [0.25, 0.3) is 0 Å². The van der Waals surface area contributed by atoms with Gasteiger partial charge >= 0.3 is 6.03 Å². The van der Waals surface area contributed by atoms with Gasteiger partial charge in [0.25, 0.3) is 0 Å². The first-order valence-corrected chi connectivity index (χ1v) is 4.22. The third-order valence-corrected chi connectivity index (χ3v) is 2.08. The van der Waals surface area contributed by atoms with Crippen molar-refractivity contribution in [2.75, 3.05) is 6.54 Å². The molecule has 1 aliphatic heterocycles. The molecule has 0 aliphatic carbocycles. The van der Waals surface area contributed by atoms with Gasteiger partial charge in [-0.3, -0.25) is 0 Å². The molecule has 1 aliphatic rings. The van der Waals surface area contributed by atoms with Crippen LogP contribution in [0.1, 0.15) is 20.8 Å². The van der Waals surface area contributed by atoms with E-state index in [1.54, 1.807) is 4.90 Å². The van der Waals surface area contributed by atoms with Crippen molar-refractivity contribution in [3.63, 3.8) is 0 Å². The van der Waals surface area contributed by atoms with Gasteiger partial charge in [-0.1, -0.05) is 13.8 Å². The number of aliphatic imine (C=N–C) groups is 1. The molecule has 1 heterocycles. The number of nitrogens with two attached hydrogens (primary N) is 1. The number of nitrogens with zero attached hydrogens (tertiary/aromatic N) is 2. The Morgan fingerprint density at radius 3 is 2.58 bits per heavy atom. The normalized spacial score (nSPS) is 23.7. The second-order valence-corrected chi connectivity index (χ2v) is 3.29. The van der Waals surface area contributed by atoms with Gasteiger partial charge in [-0.15, -0.1) is 0 Å². The number of carbonyl (C=O) groups is 1. The fraction of sp³-hybridized carbons (Fsp3) is 0.750. The van der Waals surface area contributed by atoms with E-state index in [1.165, 1.54) is 0 Å². The van der Waals surface area contributed by atoms with Gasteiger partial charge in [-0.05, 0) is 12.8 Å². The third-order valence-electron chi connectivity index (χ3n) is 2.08. The van der Waals surface area contributed by atoms with Crippen LogP contribution in [0.2, 0.25) is 0 Å². The van der Waals surface area contributed by atoms with Crippen LogP contribution in [0.15, 0.2) is 4.99 Å². The fourth-order valence-electron chi connectivity index (χ4n) is 1.55. The molecule has 4 heteroatoms. The molecule has 0 aromatic rings. The lowest BCUT2D eigenvalue weighted by molar-refractivity contribution is 0.199. The Morgan fingerprint density at radius 1 is 1.67 bits per heavy atom. The van der Waals surface area contributed by atoms with E-state index in [9.17, 15) is 4.79 Å². The van der Waals surface area contributed by atoms with Crippen molar-refractivity contribution >= 4 is 11.9 Å². The zero-order valence-electron chi connectivity index (χ0n) is 7.74. The van der Waals surface area contributed by atoms with E-state index in [0.29, 0.717) is 18.3 Å². The van der Waals surface area contributed by atoms with Gasteiger partial charge in [-0.25, -0.2) is 4.79 Å². The van der Waals surface area contributed by atoms with Gasteiger partial charge in [0.2, 0.25) is 0 Å². The Hall–Kier alpha value is -1.06. The van der Waals surface area contributed by atoms with Gasteiger partial charge in [0.15, 0.2) is 0 Å². The van der Waals surface area contributed by atoms with Crippen molar-refractivity contribution < 1.29 is 4.79 Å². The smallest absolute Gasteiger partial charge is 0.345 e. The predicted molar refractivity (Wildman–Crippen MR) is 48.0 cm³/mol. The summed E-state index contributed by atoms with van der Waals surface area (Å²) >= 11 is 0. The quantitative estimate of drug-likeness (QED) is 0.665. The van der Waals surface area contributed by atoms with Crippen molar-refractivity contribution in [1.29, 1.82) is 0 Å². The van der Waals surface area contributed by atoms with Crippen LogP contribution in [0.3, 0.4) is 0 Å². The maximum Gasteiger partial charge on any atom is 0.345 e. The first-order chi connectivity index (χ1) is 5.57. The average Bonchev–Trinajstić information content (AvgIpc) is 2.24. The monoisotopic (exact) mass is 169 g/mol. The van der Waals surface area contributed by atoms with Crippen molar-refractivity contribution in [3.05, 3.63) is 0 Å². The fourth-order valence-corrected chi connectivity index (χ4v) is 1.55. The number of amidine groups is 1. The summed E-state index contributed by atoms with van der Waals surface area (Å²) in [6.45, 7) is 6.68. The van der Waals surface area contributed by atoms with Gasteiger partial charge < -0.3 is 10.6 Å². The van der Waals surface area contributed by atoms with E-state index in [1.807, 2.05) is 20.8 Å². The molecular weight excluding hydrogens is 154 g/mol. The van der Waals surface area contributed by atoms with Crippen LogP contribution >= 0.6 is 0 Å². The first kappa shape index (κ1) is 9.03. The third kappa shape index (κ3) is 1.29. The zero-order valence-corrected chi connectivity index (χ0v) is 7.74. The lowest BCUT2D eigenvalue weighted by atomic mass is 10.0. The molecule has 0 aromatic carbocycles. The van der Waals surface area contributed by atoms with Crippen molar-refractivity contribution in [2.24, 2.45) is 16.6 Å². The van der Waals surface area contributed by atoms with E-state index in [2.05, 4.69) is 4.99 Å². The minimum absolute atomic E-state index is 0.00231. The van der Waals surface area contributed by atoms with Crippen molar-refractivity contribution in [3.8, 4) is 0 Å². The maximum atomic E-state index is 11.2. The Kier molecular flexibility index (Phi) is 2.35. The highest BCUT2D eigenvalue weighted by Gasteiger charge is 2.33. The molecule has 0 radical (unpaired) electrons. The average molecular weight is 169 g/mol. The zero-order chi connectivity index (χ0) is 9.30. The van der Waals surface area contributed by atoms with Crippen LogP contribution in [0, 0.1) is 5.92 Å². The lowest BCUT2D eigenvalue weighted by Crippen LogP contribution is -2.43. The molecule has 0 fully saturated rings. The van der Waals surface area contributed by atoms with E-state index in [-0.39, 0.29) is 12.1 Å². The van der Waals surface area contributed by atoms with Crippen LogP contribution in [-0.2, 0) is 0 Å². The molecule has 1 rings (SSSR count). The molecule has 12 heavy (non-hydrogen) atoms. The molecule has 1 atom stereocenters. The second kappa shape index (κ2) is 3.13. The number of amides is 2. The number of carbonyl (C=O) groups excluding carboxylic acids is 1. The van der Waals surface area contributed by atoms with Crippen LogP contribution in [0.5, 0.6) is 0 Å². The largest absolute Gasteiger partial charge is 0.385 e. The molecule has 1 unspecified atom stereocenters. The summed E-state index contributed by atoms with van der Waals surface area (Å²) in [6, 6.07) is -0.198. The summed E-state index contributed by atoms with van der Waals surface area (Å²) in [5.41, 5.74) is 5.62. The SMILES string of the molecule is CCN1C(=O)N=C(N)C1C(C)C. The Balaban J connectivity index is 2.84. The molecule has 2 amide bonds. The Labute approximate surface area is 72.4 Å². The molecule has 0 spiro atoms. The number of rotatable bonds is 2. The molecule has 0 aromatic heterocycles. The van der Waals surface area contributed by atoms with Crippen molar-refractivity contribution in [1.82, 2.24) is 4.90 Å². The number of hydrogen-bond donors (Lipinski definition) is 1. The summed E-state index contributed by atoms with van der Waals surface area (Å²) in [6.07, 6.45) is 0. The number of urea groups is 1. The summed E-state index contributed by atoms with van der Waals surface area (Å²) in [4.78, 5) is 16.6. The van der Waals surface area contributed by atoms with E-state index >= 15 is 0 Å².